The van der Waals surface area contributed by atoms with Gasteiger partial charge >= 0.3 is 0 Å². The van der Waals surface area contributed by atoms with Crippen molar-refractivity contribution >= 4 is 11.3 Å². The molecule has 2 heterocycles. The predicted molar refractivity (Wildman–Crippen MR) is 45.7 cm³/mol. The molecule has 0 aliphatic heterocycles. The van der Waals surface area contributed by atoms with Gasteiger partial charge in [-0.2, -0.15) is 0 Å². The number of rotatable bonds is 2. The van der Waals surface area contributed by atoms with Crippen LogP contribution in [0.25, 0.3) is 0 Å². The second kappa shape index (κ2) is 2.88. The predicted octanol–water partition coefficient (Wildman–Crippen LogP) is 2.06. The molecule has 0 aliphatic carbocycles. The van der Waals surface area contributed by atoms with Crippen LogP contribution in [-0.4, -0.2) is 9.97 Å². The number of hydrogen-bond acceptors (Lipinski definition) is 2. The van der Waals surface area contributed by atoms with Gasteiger partial charge in [-0.15, -0.1) is 11.3 Å². The average molecular weight is 164 g/mol. The number of imidazole rings is 1. The topological polar surface area (TPSA) is 28.7 Å². The quantitative estimate of drug-likeness (QED) is 0.723. The molecule has 0 radical (unpaired) electrons. The van der Waals surface area contributed by atoms with E-state index in [9.17, 15) is 0 Å². The van der Waals surface area contributed by atoms with Crippen LogP contribution >= 0.6 is 11.3 Å². The fraction of sp³-hybridized carbons (Fsp3) is 0.125. The summed E-state index contributed by atoms with van der Waals surface area (Å²) in [5.74, 6) is 0. The second-order valence-electron chi connectivity index (χ2n) is 2.33. The molecule has 1 N–H and O–H groups in total. The molecule has 2 rings (SSSR count). The largest absolute Gasteiger partial charge is 0.348 e. The second-order valence-corrected chi connectivity index (χ2v) is 3.37. The van der Waals surface area contributed by atoms with Crippen LogP contribution < -0.4 is 0 Å². The first kappa shape index (κ1) is 6.61. The van der Waals surface area contributed by atoms with E-state index in [0.717, 1.165) is 6.42 Å². The van der Waals surface area contributed by atoms with Gasteiger partial charge in [0, 0.05) is 23.2 Å². The van der Waals surface area contributed by atoms with Crippen molar-refractivity contribution in [1.82, 2.24) is 9.97 Å². The van der Waals surface area contributed by atoms with Crippen molar-refractivity contribution < 1.29 is 0 Å². The Hall–Kier alpha value is -1.09. The van der Waals surface area contributed by atoms with Crippen molar-refractivity contribution in [2.24, 2.45) is 0 Å². The highest BCUT2D eigenvalue weighted by Gasteiger charge is 1.96. The summed E-state index contributed by atoms with van der Waals surface area (Å²) in [5, 5.41) is 2.09. The van der Waals surface area contributed by atoms with Gasteiger partial charge in [0.1, 0.15) is 0 Å². The third-order valence-corrected chi connectivity index (χ3v) is 2.38. The Morgan fingerprint density at radius 3 is 3.18 bits per heavy atom. The van der Waals surface area contributed by atoms with Crippen molar-refractivity contribution in [3.05, 3.63) is 40.6 Å². The van der Waals surface area contributed by atoms with E-state index in [1.807, 2.05) is 6.20 Å². The van der Waals surface area contributed by atoms with E-state index in [0.29, 0.717) is 0 Å². The molecule has 0 saturated carbocycles. The van der Waals surface area contributed by atoms with Crippen molar-refractivity contribution in [1.29, 1.82) is 0 Å². The fourth-order valence-corrected chi connectivity index (χ4v) is 1.71. The summed E-state index contributed by atoms with van der Waals surface area (Å²) in [7, 11) is 0. The number of aromatic amines is 1. The number of nitrogens with zero attached hydrogens (tertiary/aromatic N) is 1. The summed E-state index contributed by atoms with van der Waals surface area (Å²) in [6.45, 7) is 0. The van der Waals surface area contributed by atoms with Crippen LogP contribution in [0.15, 0.2) is 30.0 Å². The van der Waals surface area contributed by atoms with Crippen molar-refractivity contribution in [2.75, 3.05) is 0 Å². The Bertz CT molecular complexity index is 264. The molecule has 3 heteroatoms. The van der Waals surface area contributed by atoms with Crippen molar-refractivity contribution in [2.45, 2.75) is 6.42 Å². The third-order valence-electron chi connectivity index (χ3n) is 1.50. The molecule has 0 fully saturated rings. The summed E-state index contributed by atoms with van der Waals surface area (Å²) in [4.78, 5) is 8.39. The molecule has 0 bridgehead atoms. The van der Waals surface area contributed by atoms with Gasteiger partial charge in [0.05, 0.1) is 6.33 Å². The van der Waals surface area contributed by atoms with E-state index in [1.165, 1.54) is 10.6 Å². The van der Waals surface area contributed by atoms with Crippen LogP contribution in [0.5, 0.6) is 0 Å². The Morgan fingerprint density at radius 2 is 2.55 bits per heavy atom. The maximum absolute atomic E-state index is 3.95. The van der Waals surface area contributed by atoms with Gasteiger partial charge in [-0.05, 0) is 11.4 Å². The van der Waals surface area contributed by atoms with Gasteiger partial charge in [0.2, 0.25) is 0 Å². The standard InChI is InChI=1S/C8H8N2S/c1-2-8(11-3-1)4-7-5-9-6-10-7/h1-3,5-6H,4H2,(H,9,10). The minimum Gasteiger partial charge on any atom is -0.348 e. The lowest BCUT2D eigenvalue weighted by atomic mass is 10.3. The van der Waals surface area contributed by atoms with E-state index >= 15 is 0 Å². The van der Waals surface area contributed by atoms with Gasteiger partial charge in [0.25, 0.3) is 0 Å². The zero-order valence-electron chi connectivity index (χ0n) is 5.95. The van der Waals surface area contributed by atoms with Gasteiger partial charge in [-0.25, -0.2) is 4.98 Å². The molecule has 0 aromatic carbocycles. The molecule has 0 unspecified atom stereocenters. The van der Waals surface area contributed by atoms with Crippen LogP contribution in [-0.2, 0) is 6.42 Å². The zero-order valence-corrected chi connectivity index (χ0v) is 6.77. The lowest BCUT2D eigenvalue weighted by Crippen LogP contribution is -1.82. The van der Waals surface area contributed by atoms with Crippen LogP contribution in [0.4, 0.5) is 0 Å². The third kappa shape index (κ3) is 1.49. The van der Waals surface area contributed by atoms with Crippen molar-refractivity contribution in [3.63, 3.8) is 0 Å². The molecule has 0 spiro atoms. The van der Waals surface area contributed by atoms with E-state index in [2.05, 4.69) is 27.5 Å². The SMILES string of the molecule is c1csc(Cc2cnc[nH]2)c1. The summed E-state index contributed by atoms with van der Waals surface area (Å²) < 4.78 is 0. The Kier molecular flexibility index (Phi) is 1.73. The fourth-order valence-electron chi connectivity index (χ4n) is 0.982. The average Bonchev–Trinajstić information content (AvgIpc) is 2.60. The molecular formula is C8H8N2S. The first-order valence-electron chi connectivity index (χ1n) is 3.45. The summed E-state index contributed by atoms with van der Waals surface area (Å²) >= 11 is 1.77. The highest BCUT2D eigenvalue weighted by molar-refractivity contribution is 7.09. The molecule has 2 nitrogen and oxygen atoms in total. The molecule has 11 heavy (non-hydrogen) atoms. The molecule has 56 valence electrons. The molecule has 0 saturated heterocycles. The molecule has 0 amide bonds. The molecule has 2 aromatic heterocycles. The minimum atomic E-state index is 0.970. The first-order chi connectivity index (χ1) is 5.45. The number of nitrogens with one attached hydrogen (secondary N) is 1. The van der Waals surface area contributed by atoms with Crippen LogP contribution in [0, 0.1) is 0 Å². The molecule has 0 aliphatic rings. The summed E-state index contributed by atoms with van der Waals surface area (Å²) in [6.07, 6.45) is 4.54. The van der Waals surface area contributed by atoms with E-state index < -0.39 is 0 Å². The van der Waals surface area contributed by atoms with Crippen molar-refractivity contribution in [3.8, 4) is 0 Å². The lowest BCUT2D eigenvalue weighted by molar-refractivity contribution is 1.13. The van der Waals surface area contributed by atoms with Gasteiger partial charge < -0.3 is 4.98 Å². The van der Waals surface area contributed by atoms with Gasteiger partial charge in [-0.1, -0.05) is 6.07 Å². The summed E-state index contributed by atoms with van der Waals surface area (Å²) in [5.41, 5.74) is 1.17. The molecular weight excluding hydrogens is 156 g/mol. The minimum absolute atomic E-state index is 0.970. The number of aromatic nitrogens is 2. The Labute approximate surface area is 68.9 Å². The van der Waals surface area contributed by atoms with Crippen LogP contribution in [0.3, 0.4) is 0 Å². The van der Waals surface area contributed by atoms with E-state index in [1.54, 1.807) is 17.7 Å². The van der Waals surface area contributed by atoms with E-state index in [4.69, 9.17) is 0 Å². The van der Waals surface area contributed by atoms with Crippen LogP contribution in [0.1, 0.15) is 10.6 Å². The van der Waals surface area contributed by atoms with Gasteiger partial charge in [0.15, 0.2) is 0 Å². The van der Waals surface area contributed by atoms with E-state index in [-0.39, 0.29) is 0 Å². The normalized spacial score (nSPS) is 10.2. The van der Waals surface area contributed by atoms with Gasteiger partial charge in [-0.3, -0.25) is 0 Å². The number of thiophene rings is 1. The smallest absolute Gasteiger partial charge is 0.0921 e. The molecule has 0 atom stereocenters. The number of H-pyrrole nitrogens is 1. The zero-order chi connectivity index (χ0) is 7.52. The maximum atomic E-state index is 3.95. The highest BCUT2D eigenvalue weighted by Crippen LogP contribution is 2.12. The lowest BCUT2D eigenvalue weighted by Gasteiger charge is -1.90. The maximum Gasteiger partial charge on any atom is 0.0921 e. The monoisotopic (exact) mass is 164 g/mol. The first-order valence-corrected chi connectivity index (χ1v) is 4.33. The Balaban J connectivity index is 2.14. The van der Waals surface area contributed by atoms with Crippen LogP contribution in [0.2, 0.25) is 0 Å². The number of hydrogen-bond donors (Lipinski definition) is 1. The highest BCUT2D eigenvalue weighted by atomic mass is 32.1. The molecule has 2 aromatic rings. The summed E-state index contributed by atoms with van der Waals surface area (Å²) in [6, 6.07) is 4.20. The Morgan fingerprint density at radius 1 is 1.55 bits per heavy atom.